The first-order valence-electron chi connectivity index (χ1n) is 5.30. The highest BCUT2D eigenvalue weighted by Gasteiger charge is 2.05. The van der Waals surface area contributed by atoms with Gasteiger partial charge in [0.15, 0.2) is 0 Å². The molecule has 2 N–H and O–H groups in total. The monoisotopic (exact) mass is 247 g/mol. The van der Waals surface area contributed by atoms with Crippen LogP contribution in [0.3, 0.4) is 0 Å². The minimum Gasteiger partial charge on any atom is -0.508 e. The number of phenols is 1. The first-order valence-corrected chi connectivity index (χ1v) is 6.24. The van der Waals surface area contributed by atoms with Crippen LogP contribution in [0.2, 0.25) is 0 Å². The lowest BCUT2D eigenvalue weighted by molar-refractivity contribution is -0.120. The average molecular weight is 247 g/mol. The van der Waals surface area contributed by atoms with Gasteiger partial charge in [-0.15, -0.1) is 0 Å². The predicted octanol–water partition coefficient (Wildman–Crippen LogP) is 2.31. The molecule has 0 aliphatic carbocycles. The third kappa shape index (κ3) is 3.32. The Morgan fingerprint density at radius 1 is 1.29 bits per heavy atom. The number of hydrogen-bond acceptors (Lipinski definition) is 3. The van der Waals surface area contributed by atoms with E-state index in [1.54, 1.807) is 29.5 Å². The highest BCUT2D eigenvalue weighted by Crippen LogP contribution is 2.15. The maximum atomic E-state index is 11.6. The van der Waals surface area contributed by atoms with Crippen molar-refractivity contribution in [2.75, 3.05) is 0 Å². The van der Waals surface area contributed by atoms with Crippen molar-refractivity contribution in [3.05, 3.63) is 52.2 Å². The van der Waals surface area contributed by atoms with Crippen molar-refractivity contribution in [3.8, 4) is 5.75 Å². The SMILES string of the molecule is O=C(Cc1ccsc1)NCc1ccccc1O. The summed E-state index contributed by atoms with van der Waals surface area (Å²) in [6, 6.07) is 8.93. The van der Waals surface area contributed by atoms with E-state index in [0.717, 1.165) is 11.1 Å². The van der Waals surface area contributed by atoms with E-state index in [-0.39, 0.29) is 11.7 Å². The van der Waals surface area contributed by atoms with Gasteiger partial charge in [-0.05, 0) is 28.5 Å². The highest BCUT2D eigenvalue weighted by atomic mass is 32.1. The van der Waals surface area contributed by atoms with E-state index in [2.05, 4.69) is 5.32 Å². The highest BCUT2D eigenvalue weighted by molar-refractivity contribution is 7.07. The number of benzene rings is 1. The number of nitrogens with one attached hydrogen (secondary N) is 1. The van der Waals surface area contributed by atoms with E-state index in [1.165, 1.54) is 0 Å². The largest absolute Gasteiger partial charge is 0.508 e. The van der Waals surface area contributed by atoms with Gasteiger partial charge in [0.2, 0.25) is 5.91 Å². The van der Waals surface area contributed by atoms with Crippen LogP contribution in [-0.2, 0) is 17.8 Å². The van der Waals surface area contributed by atoms with Crippen molar-refractivity contribution in [3.63, 3.8) is 0 Å². The first kappa shape index (κ1) is 11.7. The van der Waals surface area contributed by atoms with Gasteiger partial charge in [0, 0.05) is 12.1 Å². The van der Waals surface area contributed by atoms with Gasteiger partial charge in [-0.25, -0.2) is 0 Å². The molecule has 17 heavy (non-hydrogen) atoms. The van der Waals surface area contributed by atoms with Gasteiger partial charge in [0.25, 0.3) is 0 Å². The Morgan fingerprint density at radius 3 is 2.82 bits per heavy atom. The van der Waals surface area contributed by atoms with Gasteiger partial charge in [-0.1, -0.05) is 18.2 Å². The minimum absolute atomic E-state index is 0.0355. The van der Waals surface area contributed by atoms with Gasteiger partial charge in [0.1, 0.15) is 5.75 Å². The Balaban J connectivity index is 1.86. The average Bonchev–Trinajstić information content (AvgIpc) is 2.81. The molecule has 0 aliphatic rings. The third-order valence-electron chi connectivity index (χ3n) is 2.41. The Bertz CT molecular complexity index is 494. The van der Waals surface area contributed by atoms with E-state index in [1.807, 2.05) is 22.9 Å². The van der Waals surface area contributed by atoms with Crippen LogP contribution in [0.25, 0.3) is 0 Å². The fraction of sp³-hybridized carbons (Fsp3) is 0.154. The molecule has 0 bridgehead atoms. The third-order valence-corrected chi connectivity index (χ3v) is 3.14. The summed E-state index contributed by atoms with van der Waals surface area (Å²) in [5.74, 6) is 0.176. The van der Waals surface area contributed by atoms with Crippen molar-refractivity contribution in [2.24, 2.45) is 0 Å². The van der Waals surface area contributed by atoms with Crippen molar-refractivity contribution in [2.45, 2.75) is 13.0 Å². The smallest absolute Gasteiger partial charge is 0.224 e. The summed E-state index contributed by atoms with van der Waals surface area (Å²) < 4.78 is 0. The van der Waals surface area contributed by atoms with Crippen LogP contribution in [-0.4, -0.2) is 11.0 Å². The zero-order valence-electron chi connectivity index (χ0n) is 9.22. The van der Waals surface area contributed by atoms with Gasteiger partial charge in [0.05, 0.1) is 6.42 Å². The van der Waals surface area contributed by atoms with Crippen LogP contribution in [0, 0.1) is 0 Å². The number of phenolic OH excluding ortho intramolecular Hbond substituents is 1. The number of amides is 1. The second kappa shape index (κ2) is 5.50. The molecule has 0 saturated heterocycles. The Kier molecular flexibility index (Phi) is 3.77. The molecule has 0 saturated carbocycles. The summed E-state index contributed by atoms with van der Waals surface area (Å²) >= 11 is 1.58. The Hall–Kier alpha value is -1.81. The molecule has 1 aromatic carbocycles. The standard InChI is InChI=1S/C13H13NO2S/c15-12-4-2-1-3-11(12)8-14-13(16)7-10-5-6-17-9-10/h1-6,9,15H,7-8H2,(H,14,16). The molecule has 88 valence electrons. The van der Waals surface area contributed by atoms with E-state index < -0.39 is 0 Å². The molecule has 1 aromatic heterocycles. The second-order valence-corrected chi connectivity index (χ2v) is 4.49. The number of para-hydroxylation sites is 1. The van der Waals surface area contributed by atoms with E-state index >= 15 is 0 Å². The maximum absolute atomic E-state index is 11.6. The molecular weight excluding hydrogens is 234 g/mol. The molecule has 0 unspecified atom stereocenters. The van der Waals surface area contributed by atoms with Crippen molar-refractivity contribution in [1.82, 2.24) is 5.32 Å². The van der Waals surface area contributed by atoms with Crippen molar-refractivity contribution >= 4 is 17.2 Å². The zero-order chi connectivity index (χ0) is 12.1. The van der Waals surface area contributed by atoms with Crippen LogP contribution >= 0.6 is 11.3 Å². The number of rotatable bonds is 4. The summed E-state index contributed by atoms with van der Waals surface area (Å²) in [5.41, 5.74) is 1.75. The van der Waals surface area contributed by atoms with Crippen LogP contribution in [0.4, 0.5) is 0 Å². The van der Waals surface area contributed by atoms with Gasteiger partial charge >= 0.3 is 0 Å². The lowest BCUT2D eigenvalue weighted by Crippen LogP contribution is -2.24. The normalized spacial score (nSPS) is 10.1. The van der Waals surface area contributed by atoms with E-state index in [9.17, 15) is 9.90 Å². The number of aromatic hydroxyl groups is 1. The number of thiophene rings is 1. The van der Waals surface area contributed by atoms with Gasteiger partial charge in [-0.3, -0.25) is 4.79 Å². The second-order valence-electron chi connectivity index (χ2n) is 3.71. The van der Waals surface area contributed by atoms with Crippen LogP contribution < -0.4 is 5.32 Å². The quantitative estimate of drug-likeness (QED) is 0.871. The zero-order valence-corrected chi connectivity index (χ0v) is 10.0. The predicted molar refractivity (Wildman–Crippen MR) is 68.0 cm³/mol. The summed E-state index contributed by atoms with van der Waals surface area (Å²) in [5, 5.41) is 16.2. The Morgan fingerprint density at radius 2 is 2.12 bits per heavy atom. The summed E-state index contributed by atoms with van der Waals surface area (Å²) in [4.78, 5) is 11.6. The number of carbonyl (C=O) groups is 1. The molecule has 2 rings (SSSR count). The van der Waals surface area contributed by atoms with Crippen molar-refractivity contribution < 1.29 is 9.90 Å². The van der Waals surface area contributed by atoms with E-state index in [0.29, 0.717) is 13.0 Å². The molecule has 0 radical (unpaired) electrons. The summed E-state index contributed by atoms with van der Waals surface area (Å²) in [6.07, 6.45) is 0.386. The number of carbonyl (C=O) groups excluding carboxylic acids is 1. The summed E-state index contributed by atoms with van der Waals surface area (Å²) in [6.45, 7) is 0.357. The molecule has 2 aromatic rings. The molecule has 0 spiro atoms. The molecular formula is C13H13NO2S. The van der Waals surface area contributed by atoms with Gasteiger partial charge in [-0.2, -0.15) is 11.3 Å². The van der Waals surface area contributed by atoms with Crippen LogP contribution in [0.5, 0.6) is 5.75 Å². The van der Waals surface area contributed by atoms with E-state index in [4.69, 9.17) is 0 Å². The molecule has 3 nitrogen and oxygen atoms in total. The maximum Gasteiger partial charge on any atom is 0.224 e. The fourth-order valence-corrected chi connectivity index (χ4v) is 2.16. The molecule has 1 amide bonds. The number of hydrogen-bond donors (Lipinski definition) is 2. The lowest BCUT2D eigenvalue weighted by Gasteiger charge is -2.06. The van der Waals surface area contributed by atoms with Crippen LogP contribution in [0.1, 0.15) is 11.1 Å². The van der Waals surface area contributed by atoms with Crippen LogP contribution in [0.15, 0.2) is 41.1 Å². The molecule has 0 atom stereocenters. The first-order chi connectivity index (χ1) is 8.25. The Labute approximate surface area is 104 Å². The van der Waals surface area contributed by atoms with Gasteiger partial charge < -0.3 is 10.4 Å². The molecule has 0 aliphatic heterocycles. The molecule has 4 heteroatoms. The molecule has 0 fully saturated rings. The fourth-order valence-electron chi connectivity index (χ4n) is 1.50. The summed E-state index contributed by atoms with van der Waals surface area (Å²) in [7, 11) is 0. The topological polar surface area (TPSA) is 49.3 Å². The lowest BCUT2D eigenvalue weighted by atomic mass is 10.2. The van der Waals surface area contributed by atoms with Crippen molar-refractivity contribution in [1.29, 1.82) is 0 Å². The minimum atomic E-state index is -0.0355. The molecule has 1 heterocycles.